The van der Waals surface area contributed by atoms with Gasteiger partial charge in [0.05, 0.1) is 12.1 Å². The van der Waals surface area contributed by atoms with Crippen LogP contribution in [0.15, 0.2) is 65.6 Å². The van der Waals surface area contributed by atoms with E-state index in [-0.39, 0.29) is 18.0 Å². The van der Waals surface area contributed by atoms with Crippen LogP contribution in [0.5, 0.6) is 0 Å². The van der Waals surface area contributed by atoms with E-state index < -0.39 is 12.1 Å². The molecular formula is C20H18N2O3. The number of aliphatic hydroxyl groups is 1. The quantitative estimate of drug-likeness (QED) is 0.767. The van der Waals surface area contributed by atoms with Crippen LogP contribution in [-0.2, 0) is 17.8 Å². The van der Waals surface area contributed by atoms with Gasteiger partial charge in [-0.3, -0.25) is 9.59 Å². The van der Waals surface area contributed by atoms with E-state index in [2.05, 4.69) is 5.32 Å². The minimum Gasteiger partial charge on any atom is -0.390 e. The summed E-state index contributed by atoms with van der Waals surface area (Å²) in [5.74, 6) is -0.293. The van der Waals surface area contributed by atoms with Gasteiger partial charge in [0.2, 0.25) is 5.91 Å². The van der Waals surface area contributed by atoms with E-state index in [1.165, 1.54) is 4.57 Å². The molecule has 1 aromatic heterocycles. The Hall–Kier alpha value is -2.92. The smallest absolute Gasteiger partial charge is 0.258 e. The summed E-state index contributed by atoms with van der Waals surface area (Å²) in [4.78, 5) is 24.9. The highest BCUT2D eigenvalue weighted by Crippen LogP contribution is 2.31. The summed E-state index contributed by atoms with van der Waals surface area (Å²) in [7, 11) is 0. The number of hydrogen-bond acceptors (Lipinski definition) is 3. The van der Waals surface area contributed by atoms with E-state index in [1.807, 2.05) is 42.5 Å². The molecule has 2 aromatic carbocycles. The second-order valence-corrected chi connectivity index (χ2v) is 6.35. The molecule has 5 nitrogen and oxygen atoms in total. The van der Waals surface area contributed by atoms with E-state index in [0.717, 1.165) is 16.5 Å². The van der Waals surface area contributed by atoms with Crippen LogP contribution in [0.3, 0.4) is 0 Å². The number of benzene rings is 2. The number of carbonyl (C=O) groups is 1. The number of aromatic nitrogens is 1. The molecule has 25 heavy (non-hydrogen) atoms. The number of aliphatic hydroxyl groups excluding tert-OH is 1. The first kappa shape index (κ1) is 15.6. The predicted octanol–water partition coefficient (Wildman–Crippen LogP) is 1.78. The zero-order chi connectivity index (χ0) is 17.4. The maximum atomic E-state index is 12.5. The van der Waals surface area contributed by atoms with E-state index in [0.29, 0.717) is 11.8 Å². The number of pyridine rings is 1. The lowest BCUT2D eigenvalue weighted by atomic mass is 10.1. The molecule has 0 radical (unpaired) electrons. The molecule has 0 saturated heterocycles. The van der Waals surface area contributed by atoms with Crippen LogP contribution in [-0.4, -0.2) is 21.7 Å². The zero-order valence-corrected chi connectivity index (χ0v) is 13.6. The van der Waals surface area contributed by atoms with Crippen molar-refractivity contribution >= 4 is 16.7 Å². The summed E-state index contributed by atoms with van der Waals surface area (Å²) in [6.45, 7) is -0.0744. The Kier molecular flexibility index (Phi) is 3.86. The van der Waals surface area contributed by atoms with Gasteiger partial charge in [0, 0.05) is 18.0 Å². The molecule has 2 N–H and O–H groups in total. The number of nitrogens with zero attached hydrogens (tertiary/aromatic N) is 1. The van der Waals surface area contributed by atoms with Crippen LogP contribution in [0, 0.1) is 0 Å². The summed E-state index contributed by atoms with van der Waals surface area (Å²) in [5.41, 5.74) is 1.79. The zero-order valence-electron chi connectivity index (χ0n) is 13.6. The second-order valence-electron chi connectivity index (χ2n) is 6.35. The van der Waals surface area contributed by atoms with Crippen LogP contribution in [0.2, 0.25) is 0 Å². The molecular weight excluding hydrogens is 316 g/mol. The topological polar surface area (TPSA) is 71.3 Å². The average molecular weight is 334 g/mol. The molecule has 0 fully saturated rings. The van der Waals surface area contributed by atoms with Gasteiger partial charge in [0.1, 0.15) is 6.54 Å². The number of rotatable bonds is 3. The summed E-state index contributed by atoms with van der Waals surface area (Å²) < 4.78 is 1.39. The van der Waals surface area contributed by atoms with Crippen molar-refractivity contribution in [1.82, 2.24) is 9.88 Å². The Labute approximate surface area is 144 Å². The van der Waals surface area contributed by atoms with Crippen molar-refractivity contribution in [2.75, 3.05) is 0 Å². The minimum atomic E-state index is -0.644. The normalized spacial score (nSPS) is 18.9. The fourth-order valence-electron chi connectivity index (χ4n) is 3.48. The van der Waals surface area contributed by atoms with Crippen LogP contribution in [0.4, 0.5) is 0 Å². The van der Waals surface area contributed by atoms with Gasteiger partial charge in [-0.2, -0.15) is 0 Å². The maximum Gasteiger partial charge on any atom is 0.258 e. The Morgan fingerprint density at radius 2 is 1.88 bits per heavy atom. The maximum absolute atomic E-state index is 12.5. The highest BCUT2D eigenvalue weighted by atomic mass is 16.3. The third-order valence-corrected chi connectivity index (χ3v) is 4.72. The number of nitrogens with one attached hydrogen (secondary N) is 1. The second kappa shape index (κ2) is 6.18. The van der Waals surface area contributed by atoms with Crippen molar-refractivity contribution in [2.45, 2.75) is 25.1 Å². The van der Waals surface area contributed by atoms with Crippen LogP contribution >= 0.6 is 0 Å². The van der Waals surface area contributed by atoms with Gasteiger partial charge in [-0.25, -0.2) is 0 Å². The fraction of sp³-hybridized carbons (Fsp3) is 0.200. The molecule has 1 aliphatic rings. The average Bonchev–Trinajstić information content (AvgIpc) is 2.93. The van der Waals surface area contributed by atoms with E-state index in [4.69, 9.17) is 0 Å². The van der Waals surface area contributed by atoms with Crippen molar-refractivity contribution in [1.29, 1.82) is 0 Å². The molecule has 2 atom stereocenters. The highest BCUT2D eigenvalue weighted by Gasteiger charge is 2.31. The van der Waals surface area contributed by atoms with Gasteiger partial charge < -0.3 is 15.0 Å². The molecule has 3 aromatic rings. The molecule has 0 spiro atoms. The molecule has 0 aliphatic heterocycles. The van der Waals surface area contributed by atoms with E-state index in [1.54, 1.807) is 18.3 Å². The van der Waals surface area contributed by atoms with Crippen molar-refractivity contribution in [3.05, 3.63) is 82.3 Å². The lowest BCUT2D eigenvalue weighted by Crippen LogP contribution is -2.37. The number of fused-ring (bicyclic) bond motifs is 2. The molecule has 1 aliphatic carbocycles. The van der Waals surface area contributed by atoms with Gasteiger partial charge in [-0.05, 0) is 28.6 Å². The number of carbonyl (C=O) groups excluding carboxylic acids is 1. The number of hydrogen-bond donors (Lipinski definition) is 2. The van der Waals surface area contributed by atoms with Gasteiger partial charge in [-0.15, -0.1) is 0 Å². The first-order valence-electron chi connectivity index (χ1n) is 8.27. The molecule has 126 valence electrons. The summed E-state index contributed by atoms with van der Waals surface area (Å²) in [6.07, 6.45) is 1.51. The third-order valence-electron chi connectivity index (χ3n) is 4.72. The summed E-state index contributed by atoms with van der Waals surface area (Å²) >= 11 is 0. The van der Waals surface area contributed by atoms with Crippen LogP contribution < -0.4 is 10.9 Å². The minimum absolute atomic E-state index is 0.0744. The largest absolute Gasteiger partial charge is 0.390 e. The Morgan fingerprint density at radius 1 is 1.12 bits per heavy atom. The lowest BCUT2D eigenvalue weighted by Gasteiger charge is -2.18. The Balaban J connectivity index is 1.55. The van der Waals surface area contributed by atoms with Gasteiger partial charge in [-0.1, -0.05) is 42.5 Å². The van der Waals surface area contributed by atoms with E-state index in [9.17, 15) is 14.7 Å². The Bertz CT molecular complexity index is 1010. The van der Waals surface area contributed by atoms with Crippen molar-refractivity contribution in [2.24, 2.45) is 0 Å². The molecule has 5 heteroatoms. The van der Waals surface area contributed by atoms with Crippen molar-refractivity contribution < 1.29 is 9.90 Å². The van der Waals surface area contributed by atoms with Gasteiger partial charge in [0.25, 0.3) is 5.56 Å². The van der Waals surface area contributed by atoms with Gasteiger partial charge >= 0.3 is 0 Å². The van der Waals surface area contributed by atoms with E-state index >= 15 is 0 Å². The standard InChI is InChI=1S/C20H18N2O3/c23-17-11-14-6-2-3-7-15(14)19(17)21-18(24)12-22-10-9-13-5-1-4-8-16(13)20(22)25/h1-10,17,19,23H,11-12H2,(H,21,24). The fourth-order valence-corrected chi connectivity index (χ4v) is 3.48. The molecule has 2 unspecified atom stereocenters. The molecule has 4 rings (SSSR count). The van der Waals surface area contributed by atoms with Crippen molar-refractivity contribution in [3.8, 4) is 0 Å². The first-order valence-corrected chi connectivity index (χ1v) is 8.27. The van der Waals surface area contributed by atoms with Crippen molar-refractivity contribution in [3.63, 3.8) is 0 Å². The van der Waals surface area contributed by atoms with Crippen LogP contribution in [0.1, 0.15) is 17.2 Å². The molecule has 1 heterocycles. The molecule has 1 amide bonds. The summed E-state index contributed by atoms with van der Waals surface area (Å²) in [5, 5.41) is 14.5. The Morgan fingerprint density at radius 3 is 2.76 bits per heavy atom. The molecule has 0 saturated carbocycles. The van der Waals surface area contributed by atoms with Gasteiger partial charge in [0.15, 0.2) is 0 Å². The summed E-state index contributed by atoms with van der Waals surface area (Å²) in [6, 6.07) is 16.4. The molecule has 0 bridgehead atoms. The lowest BCUT2D eigenvalue weighted by molar-refractivity contribution is -0.123. The van der Waals surface area contributed by atoms with Crippen LogP contribution in [0.25, 0.3) is 10.8 Å². The highest BCUT2D eigenvalue weighted by molar-refractivity contribution is 5.82. The third kappa shape index (κ3) is 2.83. The first-order chi connectivity index (χ1) is 12.1. The predicted molar refractivity (Wildman–Crippen MR) is 95.2 cm³/mol. The monoisotopic (exact) mass is 334 g/mol. The SMILES string of the molecule is O=C(Cn1ccc2ccccc2c1=O)NC1c2ccccc2CC1O. The number of amides is 1.